The number of methoxy groups -OCH3 is 1. The Bertz CT molecular complexity index is 1310. The summed E-state index contributed by atoms with van der Waals surface area (Å²) >= 11 is 0. The van der Waals surface area contributed by atoms with Gasteiger partial charge in [-0.05, 0) is 122 Å². The van der Waals surface area contributed by atoms with Crippen LogP contribution in [0.1, 0.15) is 105 Å². The molecule has 1 amide bonds. The average Bonchev–Trinajstić information content (AvgIpc) is 3.96. The zero-order chi connectivity index (χ0) is 33.1. The highest BCUT2D eigenvalue weighted by molar-refractivity contribution is 5.81. The molecule has 2 spiro atoms. The first-order valence-electron chi connectivity index (χ1n) is 19.0. The van der Waals surface area contributed by atoms with Crippen molar-refractivity contribution in [3.05, 3.63) is 12.2 Å². The molecule has 8 nitrogen and oxygen atoms in total. The largest absolute Gasteiger partial charge is 0.466 e. The van der Waals surface area contributed by atoms with Crippen molar-refractivity contribution in [3.8, 4) is 0 Å². The Kier molecular flexibility index (Phi) is 7.66. The summed E-state index contributed by atoms with van der Waals surface area (Å²) in [5.41, 5.74) is 0.402. The first-order chi connectivity index (χ1) is 22.3. The zero-order valence-electron chi connectivity index (χ0n) is 29.7. The van der Waals surface area contributed by atoms with Crippen LogP contribution in [-0.4, -0.2) is 79.4 Å². The predicted molar refractivity (Wildman–Crippen MR) is 176 cm³/mol. The lowest BCUT2D eigenvalue weighted by Gasteiger charge is -2.63. The SMILES string of the molecule is COC(=O)C=CC1CC(C)C2C(O1)C(O)C1(C)C3CCC4C(C)(C)C(OC5CN(C(=O)CC6CC6)CCO5)CCC45CC35CCC21C. The second-order valence-electron chi connectivity index (χ2n) is 18.3. The number of hydrogen-bond donors (Lipinski definition) is 1. The fourth-order valence-electron chi connectivity index (χ4n) is 13.7. The normalized spacial score (nSPS) is 51.3. The van der Waals surface area contributed by atoms with Crippen molar-refractivity contribution in [2.45, 2.75) is 136 Å². The first kappa shape index (κ1) is 32.7. The van der Waals surface area contributed by atoms with Gasteiger partial charge in [0.1, 0.15) is 0 Å². The summed E-state index contributed by atoms with van der Waals surface area (Å²) in [6.07, 6.45) is 14.3. The van der Waals surface area contributed by atoms with Crippen LogP contribution in [0.4, 0.5) is 0 Å². The summed E-state index contributed by atoms with van der Waals surface area (Å²) in [5, 5.41) is 12.4. The highest BCUT2D eigenvalue weighted by atomic mass is 16.7. The number of aliphatic hydroxyl groups excluding tert-OH is 1. The van der Waals surface area contributed by atoms with Gasteiger partial charge in [0.2, 0.25) is 5.91 Å². The van der Waals surface area contributed by atoms with Crippen molar-refractivity contribution < 1.29 is 33.6 Å². The smallest absolute Gasteiger partial charge is 0.330 e. The van der Waals surface area contributed by atoms with E-state index in [0.29, 0.717) is 61.1 Å². The molecular weight excluding hydrogens is 594 g/mol. The molecule has 0 aromatic carbocycles. The van der Waals surface area contributed by atoms with E-state index in [4.69, 9.17) is 18.9 Å². The van der Waals surface area contributed by atoms with E-state index in [0.717, 1.165) is 25.7 Å². The number of rotatable bonds is 6. The van der Waals surface area contributed by atoms with Crippen LogP contribution in [0.2, 0.25) is 0 Å². The molecule has 8 aliphatic rings. The molecule has 2 saturated heterocycles. The number of carbonyl (C=O) groups is 2. The number of fused-ring (bicyclic) bond motifs is 4. The number of nitrogens with zero attached hydrogens (tertiary/aromatic N) is 1. The Morgan fingerprint density at radius 1 is 1.00 bits per heavy atom. The summed E-state index contributed by atoms with van der Waals surface area (Å²) in [4.78, 5) is 26.7. The monoisotopic (exact) mass is 653 g/mol. The van der Waals surface area contributed by atoms with Gasteiger partial charge in [-0.3, -0.25) is 4.79 Å². The molecule has 0 aromatic heterocycles. The second kappa shape index (κ2) is 11.0. The molecule has 2 heterocycles. The molecule has 0 radical (unpaired) electrons. The number of esters is 1. The van der Waals surface area contributed by atoms with E-state index in [1.54, 1.807) is 0 Å². The van der Waals surface area contributed by atoms with Crippen molar-refractivity contribution in [2.24, 2.45) is 56.7 Å². The Morgan fingerprint density at radius 3 is 2.49 bits per heavy atom. The Morgan fingerprint density at radius 2 is 1.74 bits per heavy atom. The van der Waals surface area contributed by atoms with Crippen LogP contribution in [0.25, 0.3) is 0 Å². The van der Waals surface area contributed by atoms with E-state index >= 15 is 0 Å². The van der Waals surface area contributed by atoms with Crippen LogP contribution in [0.3, 0.4) is 0 Å². The van der Waals surface area contributed by atoms with E-state index in [-0.39, 0.29) is 58.1 Å². The fourth-order valence-corrected chi connectivity index (χ4v) is 13.7. The third-order valence-corrected chi connectivity index (χ3v) is 16.3. The Balaban J connectivity index is 0.997. The van der Waals surface area contributed by atoms with Crippen LogP contribution in [-0.2, 0) is 28.5 Å². The highest BCUT2D eigenvalue weighted by Gasteiger charge is 2.84. The quantitative estimate of drug-likeness (QED) is 0.282. The fraction of sp³-hybridized carbons (Fsp3) is 0.897. The molecule has 6 aliphatic carbocycles. The highest BCUT2D eigenvalue weighted by Crippen LogP contribution is 2.89. The summed E-state index contributed by atoms with van der Waals surface area (Å²) in [6.45, 7) is 13.9. The van der Waals surface area contributed by atoms with Gasteiger partial charge in [-0.1, -0.05) is 34.6 Å². The van der Waals surface area contributed by atoms with Crippen LogP contribution < -0.4 is 0 Å². The Hall–Kier alpha value is -1.48. The van der Waals surface area contributed by atoms with Gasteiger partial charge in [0.25, 0.3) is 0 Å². The van der Waals surface area contributed by atoms with E-state index in [2.05, 4.69) is 34.6 Å². The van der Waals surface area contributed by atoms with Crippen molar-refractivity contribution in [2.75, 3.05) is 26.8 Å². The number of carbonyl (C=O) groups excluding carboxylic acids is 2. The minimum Gasteiger partial charge on any atom is -0.466 e. The van der Waals surface area contributed by atoms with Crippen molar-refractivity contribution in [1.82, 2.24) is 4.90 Å². The lowest BCUT2D eigenvalue weighted by atomic mass is 9.41. The van der Waals surface area contributed by atoms with Gasteiger partial charge in [0.05, 0.1) is 44.7 Å². The van der Waals surface area contributed by atoms with Crippen LogP contribution >= 0.6 is 0 Å². The maximum atomic E-state index is 12.9. The zero-order valence-corrected chi connectivity index (χ0v) is 29.7. The molecule has 0 bridgehead atoms. The molecule has 47 heavy (non-hydrogen) atoms. The number of aliphatic hydroxyl groups is 1. The van der Waals surface area contributed by atoms with Gasteiger partial charge in [0.15, 0.2) is 6.29 Å². The summed E-state index contributed by atoms with van der Waals surface area (Å²) in [6, 6.07) is 0. The number of morpholine rings is 1. The van der Waals surface area contributed by atoms with Gasteiger partial charge >= 0.3 is 5.97 Å². The summed E-state index contributed by atoms with van der Waals surface area (Å²) in [5.74, 6) is 2.26. The molecule has 2 aliphatic heterocycles. The summed E-state index contributed by atoms with van der Waals surface area (Å²) in [7, 11) is 1.40. The standard InChI is InChI=1S/C39H59NO7/c1-23-19-25(9-12-30(42)44-6)46-33-32(23)36(4)15-16-39-22-38(39)14-13-28(35(2,3)26(38)10-11-27(39)37(36,5)34(33)43)47-31-21-40(17-18-45-31)29(41)20-24-7-8-24/h9,12,23-28,31-34,43H,7-8,10-11,13-22H2,1-6H3. The van der Waals surface area contributed by atoms with Crippen molar-refractivity contribution in [1.29, 1.82) is 0 Å². The van der Waals surface area contributed by atoms with Crippen molar-refractivity contribution >= 4 is 11.9 Å². The minimum absolute atomic E-state index is 0.0109. The lowest BCUT2D eigenvalue weighted by molar-refractivity contribution is -0.248. The molecule has 1 N–H and O–H groups in total. The van der Waals surface area contributed by atoms with Crippen molar-refractivity contribution in [3.63, 3.8) is 0 Å². The maximum Gasteiger partial charge on any atom is 0.330 e. The molecule has 13 unspecified atom stereocenters. The van der Waals surface area contributed by atoms with E-state index in [1.165, 1.54) is 51.7 Å². The number of hydrogen-bond acceptors (Lipinski definition) is 7. The second-order valence-corrected chi connectivity index (χ2v) is 18.3. The predicted octanol–water partition coefficient (Wildman–Crippen LogP) is 5.90. The molecule has 262 valence electrons. The minimum atomic E-state index is -0.521. The first-order valence-corrected chi connectivity index (χ1v) is 19.0. The maximum absolute atomic E-state index is 12.9. The number of amides is 1. The van der Waals surface area contributed by atoms with Crippen LogP contribution in [0.5, 0.6) is 0 Å². The molecule has 8 heteroatoms. The van der Waals surface area contributed by atoms with Gasteiger partial charge in [-0.15, -0.1) is 0 Å². The van der Waals surface area contributed by atoms with Gasteiger partial charge in [-0.25, -0.2) is 4.79 Å². The van der Waals surface area contributed by atoms with Crippen LogP contribution in [0.15, 0.2) is 12.2 Å². The molecular formula is C39H59NO7. The molecule has 8 fully saturated rings. The van der Waals surface area contributed by atoms with Crippen LogP contribution in [0, 0.1) is 56.7 Å². The third kappa shape index (κ3) is 4.58. The van der Waals surface area contributed by atoms with E-state index < -0.39 is 6.10 Å². The number of ether oxygens (including phenoxy) is 4. The van der Waals surface area contributed by atoms with E-state index in [1.807, 2.05) is 11.0 Å². The summed E-state index contributed by atoms with van der Waals surface area (Å²) < 4.78 is 24.5. The molecule has 0 aromatic rings. The van der Waals surface area contributed by atoms with Gasteiger partial charge < -0.3 is 29.0 Å². The van der Waals surface area contributed by atoms with E-state index in [9.17, 15) is 14.7 Å². The average molecular weight is 654 g/mol. The van der Waals surface area contributed by atoms with Gasteiger partial charge in [-0.2, -0.15) is 0 Å². The van der Waals surface area contributed by atoms with Gasteiger partial charge in [0, 0.05) is 24.5 Å². The topological polar surface area (TPSA) is 94.5 Å². The third-order valence-electron chi connectivity index (χ3n) is 16.3. The molecule has 6 saturated carbocycles. The Labute approximate surface area is 281 Å². The molecule has 13 atom stereocenters. The lowest BCUT2D eigenvalue weighted by Crippen LogP contribution is -2.60. The molecule has 8 rings (SSSR count).